The third-order valence-corrected chi connectivity index (χ3v) is 1.52. The van der Waals surface area contributed by atoms with Crippen molar-refractivity contribution in [2.75, 3.05) is 0 Å². The minimum atomic E-state index is -4.49. The van der Waals surface area contributed by atoms with Gasteiger partial charge in [-0.25, -0.2) is 13.2 Å². The number of rotatable bonds is 5. The quantitative estimate of drug-likeness (QED) is 0.582. The fraction of sp³-hybridized carbons (Fsp3) is 1.00. The molecule has 0 amide bonds. The topological polar surface area (TPSA) is 0 Å². The summed E-state index contributed by atoms with van der Waals surface area (Å²) in [7, 11) is 0. The maximum absolute atomic E-state index is 12.4. The Labute approximate surface area is 67.8 Å². The van der Waals surface area contributed by atoms with Crippen LogP contribution in [-0.2, 0) is 0 Å². The van der Waals surface area contributed by atoms with Crippen molar-refractivity contribution in [3.8, 4) is 0 Å². The normalized spacial score (nSPS) is 15.2. The minimum Gasteiger partial charge on any atom is -0.241 e. The third-order valence-electron chi connectivity index (χ3n) is 1.52. The molecule has 0 heterocycles. The molecule has 0 aromatic heterocycles. The lowest BCUT2D eigenvalue weighted by Gasteiger charge is -2.19. The lowest BCUT2D eigenvalue weighted by Crippen LogP contribution is -2.37. The van der Waals surface area contributed by atoms with Crippen LogP contribution in [0.1, 0.15) is 26.2 Å². The Bertz CT molecular complexity index is 123. The summed E-state index contributed by atoms with van der Waals surface area (Å²) in [5, 5.41) is 0. The van der Waals surface area contributed by atoms with Gasteiger partial charge in [-0.05, 0) is 6.42 Å². The van der Waals surface area contributed by atoms with Gasteiger partial charge in [0, 0.05) is 0 Å². The van der Waals surface area contributed by atoms with E-state index in [4.69, 9.17) is 0 Å². The number of hydrogen-bond acceptors (Lipinski definition) is 0. The lowest BCUT2D eigenvalue weighted by atomic mass is 10.1. The minimum absolute atomic E-state index is 0.198. The molecular formula is C7H11F5. The number of hydrogen-bond donors (Lipinski definition) is 0. The fourth-order valence-electron chi connectivity index (χ4n) is 0.712. The van der Waals surface area contributed by atoms with E-state index in [1.54, 1.807) is 6.92 Å². The van der Waals surface area contributed by atoms with Crippen molar-refractivity contribution in [1.82, 2.24) is 0 Å². The Morgan fingerprint density at radius 3 is 2.00 bits per heavy atom. The van der Waals surface area contributed by atoms with Gasteiger partial charge in [-0.1, -0.05) is 19.8 Å². The monoisotopic (exact) mass is 190 g/mol. The van der Waals surface area contributed by atoms with E-state index in [1.807, 2.05) is 0 Å². The van der Waals surface area contributed by atoms with E-state index in [1.165, 1.54) is 0 Å². The molecule has 0 fully saturated rings. The van der Waals surface area contributed by atoms with E-state index in [9.17, 15) is 22.0 Å². The molecule has 0 aliphatic carbocycles. The molecule has 74 valence electrons. The zero-order chi connectivity index (χ0) is 9.78. The van der Waals surface area contributed by atoms with Crippen LogP contribution in [0, 0.1) is 0 Å². The Hall–Kier alpha value is -0.350. The molecule has 5 heteroatoms. The average Bonchev–Trinajstić information content (AvgIpc) is 1.99. The molecule has 12 heavy (non-hydrogen) atoms. The Morgan fingerprint density at radius 2 is 1.67 bits per heavy atom. The van der Waals surface area contributed by atoms with E-state index in [0.29, 0.717) is 6.42 Å². The van der Waals surface area contributed by atoms with Crippen LogP contribution in [0.5, 0.6) is 0 Å². The first-order valence-corrected chi connectivity index (χ1v) is 3.73. The molecule has 0 aromatic carbocycles. The summed E-state index contributed by atoms with van der Waals surface area (Å²) >= 11 is 0. The highest BCUT2D eigenvalue weighted by atomic mass is 19.3. The van der Waals surface area contributed by atoms with Crippen LogP contribution >= 0.6 is 0 Å². The van der Waals surface area contributed by atoms with Gasteiger partial charge in [-0.3, -0.25) is 0 Å². The van der Waals surface area contributed by atoms with Crippen LogP contribution in [0.3, 0.4) is 0 Å². The summed E-state index contributed by atoms with van der Waals surface area (Å²) in [6.07, 6.45) is -6.43. The number of unbranched alkanes of at least 4 members (excludes halogenated alkanes) is 1. The molecule has 1 unspecified atom stereocenters. The third kappa shape index (κ3) is 2.95. The van der Waals surface area contributed by atoms with Crippen LogP contribution in [0.25, 0.3) is 0 Å². The highest BCUT2D eigenvalue weighted by Gasteiger charge is 2.48. The van der Waals surface area contributed by atoms with Gasteiger partial charge in [0.2, 0.25) is 0 Å². The summed E-state index contributed by atoms with van der Waals surface area (Å²) in [5.74, 6) is -4.49. The Morgan fingerprint density at radius 1 is 1.17 bits per heavy atom. The molecule has 0 aliphatic heterocycles. The SMILES string of the molecule is CCCCC(F)C(F)(F)C(F)F. The van der Waals surface area contributed by atoms with Crippen LogP contribution in [0.4, 0.5) is 22.0 Å². The Kier molecular flexibility index (Phi) is 4.49. The van der Waals surface area contributed by atoms with Crippen molar-refractivity contribution in [3.63, 3.8) is 0 Å². The summed E-state index contributed by atoms with van der Waals surface area (Å²) in [6, 6.07) is 0. The Balaban J connectivity index is 3.97. The standard InChI is InChI=1S/C7H11F5/c1-2-3-4-5(8)7(11,12)6(9)10/h5-6H,2-4H2,1H3. The molecule has 0 spiro atoms. The van der Waals surface area contributed by atoms with Gasteiger partial charge >= 0.3 is 12.3 Å². The van der Waals surface area contributed by atoms with Gasteiger partial charge in [-0.15, -0.1) is 0 Å². The fourth-order valence-corrected chi connectivity index (χ4v) is 0.712. The zero-order valence-electron chi connectivity index (χ0n) is 6.67. The first-order chi connectivity index (χ1) is 5.42. The van der Waals surface area contributed by atoms with Crippen LogP contribution in [0.2, 0.25) is 0 Å². The molecule has 0 N–H and O–H groups in total. The lowest BCUT2D eigenvalue weighted by molar-refractivity contribution is -0.172. The number of alkyl halides is 5. The van der Waals surface area contributed by atoms with E-state index < -0.39 is 24.9 Å². The van der Waals surface area contributed by atoms with Crippen molar-refractivity contribution >= 4 is 0 Å². The molecule has 0 nitrogen and oxygen atoms in total. The molecule has 0 radical (unpaired) electrons. The summed E-state index contributed by atoms with van der Waals surface area (Å²) in [4.78, 5) is 0. The van der Waals surface area contributed by atoms with E-state index in [-0.39, 0.29) is 6.42 Å². The van der Waals surface area contributed by atoms with Crippen LogP contribution in [0.15, 0.2) is 0 Å². The molecule has 0 bridgehead atoms. The molecule has 0 rings (SSSR count). The molecular weight excluding hydrogens is 179 g/mol. The van der Waals surface area contributed by atoms with Gasteiger partial charge in [0.15, 0.2) is 6.17 Å². The summed E-state index contributed by atoms with van der Waals surface area (Å²) in [5.41, 5.74) is 0. The second-order valence-electron chi connectivity index (χ2n) is 2.58. The average molecular weight is 190 g/mol. The van der Waals surface area contributed by atoms with Crippen molar-refractivity contribution in [1.29, 1.82) is 0 Å². The first-order valence-electron chi connectivity index (χ1n) is 3.73. The maximum atomic E-state index is 12.4. The smallest absolute Gasteiger partial charge is 0.241 e. The summed E-state index contributed by atoms with van der Waals surface area (Å²) in [6.45, 7) is 1.67. The van der Waals surface area contributed by atoms with E-state index in [2.05, 4.69) is 0 Å². The van der Waals surface area contributed by atoms with Gasteiger partial charge < -0.3 is 0 Å². The molecule has 1 atom stereocenters. The number of halogens is 5. The molecule has 0 aliphatic rings. The van der Waals surface area contributed by atoms with Gasteiger partial charge in [0.25, 0.3) is 0 Å². The predicted molar refractivity (Wildman–Crippen MR) is 35.4 cm³/mol. The molecule has 0 aromatic rings. The van der Waals surface area contributed by atoms with Crippen molar-refractivity contribution in [2.45, 2.75) is 44.7 Å². The van der Waals surface area contributed by atoms with Crippen molar-refractivity contribution < 1.29 is 22.0 Å². The van der Waals surface area contributed by atoms with Crippen LogP contribution in [-0.4, -0.2) is 18.5 Å². The van der Waals surface area contributed by atoms with Gasteiger partial charge in [0.05, 0.1) is 0 Å². The highest BCUT2D eigenvalue weighted by molar-refractivity contribution is 4.79. The van der Waals surface area contributed by atoms with E-state index >= 15 is 0 Å². The molecule has 0 saturated heterocycles. The second kappa shape index (κ2) is 4.62. The largest absolute Gasteiger partial charge is 0.337 e. The zero-order valence-corrected chi connectivity index (χ0v) is 6.67. The second-order valence-corrected chi connectivity index (χ2v) is 2.58. The summed E-state index contributed by atoms with van der Waals surface area (Å²) < 4.78 is 59.7. The van der Waals surface area contributed by atoms with E-state index in [0.717, 1.165) is 0 Å². The first kappa shape index (κ1) is 11.6. The van der Waals surface area contributed by atoms with Crippen molar-refractivity contribution in [3.05, 3.63) is 0 Å². The van der Waals surface area contributed by atoms with Gasteiger partial charge in [-0.2, -0.15) is 8.78 Å². The van der Waals surface area contributed by atoms with Crippen LogP contribution < -0.4 is 0 Å². The van der Waals surface area contributed by atoms with Gasteiger partial charge in [0.1, 0.15) is 0 Å². The maximum Gasteiger partial charge on any atom is 0.337 e. The highest BCUT2D eigenvalue weighted by Crippen LogP contribution is 2.31. The molecule has 0 saturated carbocycles. The van der Waals surface area contributed by atoms with Crippen molar-refractivity contribution in [2.24, 2.45) is 0 Å². The predicted octanol–water partition coefficient (Wildman–Crippen LogP) is 3.42.